The zero-order valence-electron chi connectivity index (χ0n) is 9.75. The lowest BCUT2D eigenvalue weighted by atomic mass is 10.2. The fourth-order valence-electron chi connectivity index (χ4n) is 1.38. The average Bonchev–Trinajstić information content (AvgIpc) is 2.64. The molecule has 1 aromatic heterocycles. The molecule has 0 saturated carbocycles. The number of aromatic nitrogens is 1. The van der Waals surface area contributed by atoms with Crippen LogP contribution in [-0.2, 0) is 0 Å². The predicted molar refractivity (Wildman–Crippen MR) is 73.1 cm³/mol. The summed E-state index contributed by atoms with van der Waals surface area (Å²) in [6.45, 7) is 3.63. The summed E-state index contributed by atoms with van der Waals surface area (Å²) in [6.07, 6.45) is 0. The number of aryl methyl sites for hydroxylation is 1. The quantitative estimate of drug-likeness (QED) is 0.907. The molecule has 0 aliphatic rings. The van der Waals surface area contributed by atoms with Crippen LogP contribution in [0.5, 0.6) is 0 Å². The number of halogens is 2. The molecule has 1 amide bonds. The van der Waals surface area contributed by atoms with E-state index in [0.29, 0.717) is 20.9 Å². The summed E-state index contributed by atoms with van der Waals surface area (Å²) in [5.74, 6) is 0.00842. The number of carbonyl (C=O) groups excluding carboxylic acids is 1. The molecule has 0 aliphatic carbocycles. The number of nitrogens with zero attached hydrogens (tertiary/aromatic N) is 1. The second kappa shape index (κ2) is 5.12. The van der Waals surface area contributed by atoms with Crippen molar-refractivity contribution in [1.82, 2.24) is 5.16 Å². The predicted octanol–water partition coefficient (Wildman–Crippen LogP) is 3.96. The van der Waals surface area contributed by atoms with Crippen LogP contribution in [0.15, 0.2) is 27.2 Å². The second-order valence-electron chi connectivity index (χ2n) is 3.78. The van der Waals surface area contributed by atoms with E-state index in [1.165, 1.54) is 0 Å². The van der Waals surface area contributed by atoms with E-state index in [9.17, 15) is 4.79 Å². The molecule has 1 N–H and O–H groups in total. The number of carbonyl (C=O) groups is 1. The zero-order valence-corrected chi connectivity index (χ0v) is 12.1. The Hall–Kier alpha value is -1.33. The Kier molecular flexibility index (Phi) is 3.73. The SMILES string of the molecule is Cc1noc(NC(=O)c2cccc(Br)c2Cl)c1C. The maximum atomic E-state index is 12.0. The van der Waals surface area contributed by atoms with Crippen molar-refractivity contribution in [2.45, 2.75) is 13.8 Å². The smallest absolute Gasteiger partial charge is 0.259 e. The first-order valence-electron chi connectivity index (χ1n) is 5.19. The van der Waals surface area contributed by atoms with Crippen LogP contribution in [0.2, 0.25) is 5.02 Å². The van der Waals surface area contributed by atoms with Crippen molar-refractivity contribution in [3.63, 3.8) is 0 Å². The van der Waals surface area contributed by atoms with Crippen LogP contribution in [-0.4, -0.2) is 11.1 Å². The van der Waals surface area contributed by atoms with E-state index in [0.717, 1.165) is 11.3 Å². The molecule has 0 aliphatic heterocycles. The van der Waals surface area contributed by atoms with Gasteiger partial charge in [-0.25, -0.2) is 0 Å². The van der Waals surface area contributed by atoms with Gasteiger partial charge in [0.15, 0.2) is 0 Å². The Morgan fingerprint density at radius 2 is 2.17 bits per heavy atom. The number of nitrogens with one attached hydrogen (secondary N) is 1. The minimum atomic E-state index is -0.333. The third-order valence-electron chi connectivity index (χ3n) is 2.58. The highest BCUT2D eigenvalue weighted by Gasteiger charge is 2.16. The van der Waals surface area contributed by atoms with Crippen molar-refractivity contribution < 1.29 is 9.32 Å². The van der Waals surface area contributed by atoms with Crippen molar-refractivity contribution in [3.8, 4) is 0 Å². The van der Waals surface area contributed by atoms with E-state index in [1.54, 1.807) is 25.1 Å². The van der Waals surface area contributed by atoms with Gasteiger partial charge in [-0.15, -0.1) is 0 Å². The Labute approximate surface area is 117 Å². The fraction of sp³-hybridized carbons (Fsp3) is 0.167. The lowest BCUT2D eigenvalue weighted by Gasteiger charge is -2.05. The minimum absolute atomic E-state index is 0.333. The Balaban J connectivity index is 2.28. The second-order valence-corrected chi connectivity index (χ2v) is 5.01. The van der Waals surface area contributed by atoms with Crippen LogP contribution >= 0.6 is 27.5 Å². The Bertz CT molecular complexity index is 610. The van der Waals surface area contributed by atoms with E-state index < -0.39 is 0 Å². The lowest BCUT2D eigenvalue weighted by molar-refractivity contribution is 0.102. The van der Waals surface area contributed by atoms with Crippen molar-refractivity contribution in [2.24, 2.45) is 0 Å². The summed E-state index contributed by atoms with van der Waals surface area (Å²) in [7, 11) is 0. The summed E-state index contributed by atoms with van der Waals surface area (Å²) in [5.41, 5.74) is 1.92. The molecule has 1 aromatic carbocycles. The van der Waals surface area contributed by atoms with Gasteiger partial charge in [-0.05, 0) is 41.9 Å². The van der Waals surface area contributed by atoms with Gasteiger partial charge < -0.3 is 4.52 Å². The number of rotatable bonds is 2. The molecule has 18 heavy (non-hydrogen) atoms. The summed E-state index contributed by atoms with van der Waals surface area (Å²) in [4.78, 5) is 12.0. The minimum Gasteiger partial charge on any atom is -0.338 e. The number of amides is 1. The zero-order chi connectivity index (χ0) is 13.3. The molecule has 0 atom stereocenters. The molecule has 4 nitrogen and oxygen atoms in total. The van der Waals surface area contributed by atoms with Gasteiger partial charge in [-0.2, -0.15) is 0 Å². The van der Waals surface area contributed by atoms with E-state index in [2.05, 4.69) is 26.4 Å². The molecule has 1 heterocycles. The van der Waals surface area contributed by atoms with Gasteiger partial charge in [-0.3, -0.25) is 10.1 Å². The van der Waals surface area contributed by atoms with E-state index in [4.69, 9.17) is 16.1 Å². The largest absolute Gasteiger partial charge is 0.338 e. The third-order valence-corrected chi connectivity index (χ3v) is 3.88. The fourth-order valence-corrected chi connectivity index (χ4v) is 1.96. The third kappa shape index (κ3) is 2.42. The Morgan fingerprint density at radius 1 is 1.44 bits per heavy atom. The van der Waals surface area contributed by atoms with Crippen LogP contribution in [0.25, 0.3) is 0 Å². The summed E-state index contributed by atoms with van der Waals surface area (Å²) >= 11 is 9.32. The van der Waals surface area contributed by atoms with E-state index in [-0.39, 0.29) is 5.91 Å². The van der Waals surface area contributed by atoms with E-state index >= 15 is 0 Å². The molecular formula is C12H10BrClN2O2. The van der Waals surface area contributed by atoms with Crippen LogP contribution in [0.1, 0.15) is 21.6 Å². The van der Waals surface area contributed by atoms with Gasteiger partial charge in [0.25, 0.3) is 5.91 Å². The maximum Gasteiger partial charge on any atom is 0.259 e. The highest BCUT2D eigenvalue weighted by Crippen LogP contribution is 2.27. The molecule has 0 saturated heterocycles. The molecular weight excluding hydrogens is 320 g/mol. The average molecular weight is 330 g/mol. The van der Waals surface area contributed by atoms with Crippen molar-refractivity contribution in [1.29, 1.82) is 0 Å². The van der Waals surface area contributed by atoms with Gasteiger partial charge >= 0.3 is 0 Å². The molecule has 94 valence electrons. The Morgan fingerprint density at radius 3 is 2.78 bits per heavy atom. The van der Waals surface area contributed by atoms with Crippen molar-refractivity contribution >= 4 is 39.3 Å². The van der Waals surface area contributed by atoms with Crippen LogP contribution in [0, 0.1) is 13.8 Å². The number of hydrogen-bond acceptors (Lipinski definition) is 3. The van der Waals surface area contributed by atoms with Gasteiger partial charge in [-0.1, -0.05) is 22.8 Å². The van der Waals surface area contributed by atoms with Gasteiger partial charge in [0.2, 0.25) is 5.88 Å². The molecule has 6 heteroatoms. The van der Waals surface area contributed by atoms with Crippen LogP contribution in [0.4, 0.5) is 5.88 Å². The van der Waals surface area contributed by atoms with Gasteiger partial charge in [0, 0.05) is 10.0 Å². The molecule has 0 fully saturated rings. The molecule has 0 spiro atoms. The lowest BCUT2D eigenvalue weighted by Crippen LogP contribution is -2.12. The first kappa shape index (κ1) is 13.1. The topological polar surface area (TPSA) is 55.1 Å². The highest BCUT2D eigenvalue weighted by atomic mass is 79.9. The van der Waals surface area contributed by atoms with Crippen LogP contribution < -0.4 is 5.32 Å². The maximum absolute atomic E-state index is 12.0. The molecule has 2 aromatic rings. The monoisotopic (exact) mass is 328 g/mol. The van der Waals surface area contributed by atoms with Crippen molar-refractivity contribution in [3.05, 3.63) is 44.5 Å². The van der Waals surface area contributed by atoms with Crippen molar-refractivity contribution in [2.75, 3.05) is 5.32 Å². The highest BCUT2D eigenvalue weighted by molar-refractivity contribution is 9.10. The molecule has 0 radical (unpaired) electrons. The van der Waals surface area contributed by atoms with Gasteiger partial charge in [0.05, 0.1) is 16.3 Å². The normalized spacial score (nSPS) is 10.4. The molecule has 0 bridgehead atoms. The standard InChI is InChI=1S/C12H10BrClN2O2/c1-6-7(2)16-18-12(6)15-11(17)8-4-3-5-9(13)10(8)14/h3-5H,1-2H3,(H,15,17). The molecule has 2 rings (SSSR count). The number of hydrogen-bond donors (Lipinski definition) is 1. The summed E-state index contributed by atoms with van der Waals surface area (Å²) < 4.78 is 5.69. The number of anilines is 1. The van der Waals surface area contributed by atoms with Gasteiger partial charge in [0.1, 0.15) is 0 Å². The van der Waals surface area contributed by atoms with E-state index in [1.807, 2.05) is 6.92 Å². The van der Waals surface area contributed by atoms with Crippen LogP contribution in [0.3, 0.4) is 0 Å². The first-order valence-corrected chi connectivity index (χ1v) is 6.36. The molecule has 0 unspecified atom stereocenters. The summed E-state index contributed by atoms with van der Waals surface area (Å²) in [5, 5.41) is 6.78. The first-order chi connectivity index (χ1) is 8.50. The summed E-state index contributed by atoms with van der Waals surface area (Å²) in [6, 6.07) is 5.15. The number of benzene rings is 1.